The van der Waals surface area contributed by atoms with E-state index in [1.807, 2.05) is 26.0 Å². The number of unbranched alkanes of at least 4 members (excludes halogenated alkanes) is 1. The third kappa shape index (κ3) is 6.67. The minimum absolute atomic E-state index is 0.359. The van der Waals surface area contributed by atoms with E-state index in [4.69, 9.17) is 13.5 Å². The van der Waals surface area contributed by atoms with Gasteiger partial charge in [0.1, 0.15) is 0 Å². The summed E-state index contributed by atoms with van der Waals surface area (Å²) in [5, 5.41) is 0. The molecule has 0 heterocycles. The second-order valence-electron chi connectivity index (χ2n) is 5.34. The summed E-state index contributed by atoms with van der Waals surface area (Å²) < 4.78 is 30.6. The van der Waals surface area contributed by atoms with Gasteiger partial charge in [-0.3, -0.25) is 4.57 Å². The molecule has 0 saturated carbocycles. The Bertz CT molecular complexity index is 338. The van der Waals surface area contributed by atoms with Crippen LogP contribution in [0.25, 0.3) is 0 Å². The fraction of sp³-hybridized carbons (Fsp3) is 0.875. The van der Waals surface area contributed by atoms with Crippen LogP contribution in [0.1, 0.15) is 54.4 Å². The van der Waals surface area contributed by atoms with E-state index >= 15 is 0 Å². The fourth-order valence-electron chi connectivity index (χ4n) is 2.39. The van der Waals surface area contributed by atoms with Crippen LogP contribution < -0.4 is 0 Å². The molecular weight excluding hydrogens is 315 g/mol. The summed E-state index contributed by atoms with van der Waals surface area (Å²) in [6.45, 7) is 13.0. The number of rotatable bonds is 13. The molecule has 0 aliphatic heterocycles. The van der Waals surface area contributed by atoms with Crippen molar-refractivity contribution in [1.82, 2.24) is 0 Å². The van der Waals surface area contributed by atoms with Gasteiger partial charge in [0.25, 0.3) is 0 Å². The van der Waals surface area contributed by atoms with Gasteiger partial charge in [0, 0.05) is 0 Å². The highest BCUT2D eigenvalue weighted by Crippen LogP contribution is 2.55. The van der Waals surface area contributed by atoms with Crippen molar-refractivity contribution < 1.29 is 18.0 Å². The van der Waals surface area contributed by atoms with Gasteiger partial charge in [-0.15, -0.1) is 0 Å². The molecule has 1 atom stereocenters. The highest BCUT2D eigenvalue weighted by Gasteiger charge is 2.41. The van der Waals surface area contributed by atoms with Crippen molar-refractivity contribution in [1.29, 1.82) is 0 Å². The predicted molar refractivity (Wildman–Crippen MR) is 97.0 cm³/mol. The van der Waals surface area contributed by atoms with Gasteiger partial charge in [-0.2, -0.15) is 0 Å². The maximum atomic E-state index is 13.1. The van der Waals surface area contributed by atoms with Gasteiger partial charge in [-0.05, 0) is 44.5 Å². The first-order chi connectivity index (χ1) is 10.5. The molecule has 0 saturated heterocycles. The Labute approximate surface area is 138 Å². The van der Waals surface area contributed by atoms with E-state index in [-0.39, 0.29) is 0 Å². The molecule has 0 aliphatic carbocycles. The highest BCUT2D eigenvalue weighted by molar-refractivity contribution is 7.54. The average Bonchev–Trinajstić information content (AvgIpc) is 2.52. The van der Waals surface area contributed by atoms with Crippen LogP contribution in [0.15, 0.2) is 12.2 Å². The number of hydrogen-bond acceptors (Lipinski definition) is 4. The molecule has 0 aromatic rings. The molecule has 0 bridgehead atoms. The Balaban J connectivity index is 5.45. The summed E-state index contributed by atoms with van der Waals surface area (Å²) in [4.78, 5) is 0. The van der Waals surface area contributed by atoms with E-state index in [1.54, 1.807) is 0 Å². The quantitative estimate of drug-likeness (QED) is 0.234. The van der Waals surface area contributed by atoms with Crippen molar-refractivity contribution in [2.75, 3.05) is 13.2 Å². The molecule has 0 spiro atoms. The van der Waals surface area contributed by atoms with Crippen LogP contribution in [-0.2, 0) is 18.0 Å². The van der Waals surface area contributed by atoms with Crippen molar-refractivity contribution in [3.05, 3.63) is 12.2 Å². The number of hydrogen-bond donors (Lipinski definition) is 0. The Hall–Kier alpha value is 0.0669. The van der Waals surface area contributed by atoms with E-state index in [0.717, 1.165) is 31.0 Å². The third-order valence-electron chi connectivity index (χ3n) is 3.99. The SMILES string of the molecule is CCC/C=C/C(O[Si](CC)(CC)CC)P(=O)(OCC)OCC. The van der Waals surface area contributed by atoms with Crippen molar-refractivity contribution in [3.63, 3.8) is 0 Å². The lowest BCUT2D eigenvalue weighted by Crippen LogP contribution is -2.39. The fourth-order valence-corrected chi connectivity index (χ4v) is 7.59. The molecule has 4 nitrogen and oxygen atoms in total. The first kappa shape index (κ1) is 22.1. The van der Waals surface area contributed by atoms with Crippen LogP contribution in [0.5, 0.6) is 0 Å². The number of allylic oxidation sites excluding steroid dienone is 1. The van der Waals surface area contributed by atoms with Crippen LogP contribution >= 0.6 is 7.60 Å². The Morgan fingerprint density at radius 1 is 0.955 bits per heavy atom. The summed E-state index contributed by atoms with van der Waals surface area (Å²) >= 11 is 0. The highest BCUT2D eigenvalue weighted by atomic mass is 31.2. The topological polar surface area (TPSA) is 44.8 Å². The van der Waals surface area contributed by atoms with Gasteiger partial charge in [0.2, 0.25) is 0 Å². The predicted octanol–water partition coefficient (Wildman–Crippen LogP) is 5.96. The molecule has 132 valence electrons. The zero-order chi connectivity index (χ0) is 17.1. The van der Waals surface area contributed by atoms with E-state index in [1.165, 1.54) is 0 Å². The summed E-state index contributed by atoms with van der Waals surface area (Å²) in [7, 11) is -5.17. The van der Waals surface area contributed by atoms with Crippen molar-refractivity contribution in [3.8, 4) is 0 Å². The maximum absolute atomic E-state index is 13.1. The molecule has 0 N–H and O–H groups in total. The molecule has 0 rings (SSSR count). The summed E-state index contributed by atoms with van der Waals surface area (Å²) in [6.07, 6.45) is 5.93. The van der Waals surface area contributed by atoms with Crippen LogP contribution in [0.2, 0.25) is 18.1 Å². The van der Waals surface area contributed by atoms with Gasteiger partial charge in [-0.25, -0.2) is 0 Å². The smallest absolute Gasteiger partial charge is 0.361 e. The molecule has 0 aromatic heterocycles. The summed E-state index contributed by atoms with van der Waals surface area (Å²) in [6, 6.07) is 3.03. The Morgan fingerprint density at radius 3 is 1.82 bits per heavy atom. The Kier molecular flexibility index (Phi) is 11.6. The Morgan fingerprint density at radius 2 is 1.45 bits per heavy atom. The zero-order valence-electron chi connectivity index (χ0n) is 15.3. The average molecular weight is 351 g/mol. The summed E-state index contributed by atoms with van der Waals surface area (Å²) in [5.74, 6) is -0.578. The third-order valence-corrected chi connectivity index (χ3v) is 10.9. The van der Waals surface area contributed by atoms with E-state index in [2.05, 4.69) is 27.7 Å². The maximum Gasteiger partial charge on any atom is 0.361 e. The lowest BCUT2D eigenvalue weighted by Gasteiger charge is -2.34. The van der Waals surface area contributed by atoms with Gasteiger partial charge < -0.3 is 13.5 Å². The lowest BCUT2D eigenvalue weighted by atomic mass is 10.3. The molecule has 6 heteroatoms. The van der Waals surface area contributed by atoms with Gasteiger partial charge in [0.15, 0.2) is 14.2 Å². The minimum Gasteiger partial charge on any atom is -0.400 e. The minimum atomic E-state index is -3.28. The first-order valence-corrected chi connectivity index (χ1v) is 12.8. The van der Waals surface area contributed by atoms with Gasteiger partial charge >= 0.3 is 7.60 Å². The van der Waals surface area contributed by atoms with Crippen molar-refractivity contribution >= 4 is 15.9 Å². The van der Waals surface area contributed by atoms with E-state index in [9.17, 15) is 4.57 Å². The van der Waals surface area contributed by atoms with Gasteiger partial charge in [0.05, 0.1) is 13.2 Å². The molecule has 0 aliphatic rings. The largest absolute Gasteiger partial charge is 0.400 e. The van der Waals surface area contributed by atoms with Crippen molar-refractivity contribution in [2.24, 2.45) is 0 Å². The molecule has 0 amide bonds. The molecule has 22 heavy (non-hydrogen) atoms. The second kappa shape index (κ2) is 11.6. The molecule has 0 fully saturated rings. The molecular formula is C16H35O4PSi. The first-order valence-electron chi connectivity index (χ1n) is 8.70. The lowest BCUT2D eigenvalue weighted by molar-refractivity contribution is 0.172. The molecule has 0 radical (unpaired) electrons. The standard InChI is InChI=1S/C16H35O4PSi/c1-7-13-14-15-16(20-22(10-4,11-5)12-6)21(17,18-8-2)19-9-3/h14-16H,7-13H2,1-6H3/b15-14+. The summed E-state index contributed by atoms with van der Waals surface area (Å²) in [5.41, 5.74) is 0. The molecule has 1 unspecified atom stereocenters. The zero-order valence-corrected chi connectivity index (χ0v) is 17.2. The van der Waals surface area contributed by atoms with Crippen LogP contribution in [-0.4, -0.2) is 27.4 Å². The van der Waals surface area contributed by atoms with Crippen molar-refractivity contribution in [2.45, 2.75) is 78.4 Å². The van der Waals surface area contributed by atoms with Crippen LogP contribution in [0.4, 0.5) is 0 Å². The van der Waals surface area contributed by atoms with Crippen LogP contribution in [0, 0.1) is 0 Å². The molecule has 0 aromatic carbocycles. The monoisotopic (exact) mass is 350 g/mol. The van der Waals surface area contributed by atoms with Crippen LogP contribution in [0.3, 0.4) is 0 Å². The second-order valence-corrected chi connectivity index (χ2v) is 12.2. The normalized spacial score (nSPS) is 14.6. The van der Waals surface area contributed by atoms with E-state index < -0.39 is 21.8 Å². The van der Waals surface area contributed by atoms with Gasteiger partial charge in [-0.1, -0.05) is 40.2 Å². The van der Waals surface area contributed by atoms with E-state index in [0.29, 0.717) is 13.2 Å².